The molecule has 0 fully saturated rings. The lowest BCUT2D eigenvalue weighted by molar-refractivity contribution is -0.0554. The minimum Gasteiger partial charge on any atom is -0.461 e. The third kappa shape index (κ3) is 3.84. The molecule has 0 amide bonds. The van der Waals surface area contributed by atoms with Gasteiger partial charge in [-0.3, -0.25) is 0 Å². The van der Waals surface area contributed by atoms with E-state index in [0.29, 0.717) is 6.61 Å². The second kappa shape index (κ2) is 7.31. The minimum atomic E-state index is -0.490. The Balaban J connectivity index is 1.99. The van der Waals surface area contributed by atoms with Gasteiger partial charge in [0.1, 0.15) is 5.75 Å². The summed E-state index contributed by atoms with van der Waals surface area (Å²) in [6, 6.07) is 17.7. The molecule has 2 aromatic rings. The van der Waals surface area contributed by atoms with E-state index in [2.05, 4.69) is 13.2 Å². The Bertz CT molecular complexity index is 561. The summed E-state index contributed by atoms with van der Waals surface area (Å²) in [7, 11) is 0. The van der Waals surface area contributed by atoms with Gasteiger partial charge in [-0.1, -0.05) is 67.8 Å². The van der Waals surface area contributed by atoms with Gasteiger partial charge < -0.3 is 9.47 Å². The Morgan fingerprint density at radius 3 is 2.35 bits per heavy atom. The van der Waals surface area contributed by atoms with Crippen molar-refractivity contribution in [3.8, 4) is 5.75 Å². The predicted octanol–water partition coefficient (Wildman–Crippen LogP) is 4.44. The zero-order chi connectivity index (χ0) is 14.2. The topological polar surface area (TPSA) is 18.5 Å². The molecule has 0 aromatic heterocycles. The molecule has 0 bridgehead atoms. The van der Waals surface area contributed by atoms with Gasteiger partial charge in [0.05, 0.1) is 6.61 Å². The molecule has 0 radical (unpaired) electrons. The van der Waals surface area contributed by atoms with Crippen LogP contribution < -0.4 is 4.74 Å². The van der Waals surface area contributed by atoms with E-state index in [1.807, 2.05) is 54.6 Å². The summed E-state index contributed by atoms with van der Waals surface area (Å²) in [5.41, 5.74) is 2.03. The highest BCUT2D eigenvalue weighted by Gasteiger charge is 2.08. The van der Waals surface area contributed by atoms with Crippen molar-refractivity contribution in [3.63, 3.8) is 0 Å². The lowest BCUT2D eigenvalue weighted by atomic mass is 10.2. The molecule has 2 aromatic carbocycles. The Labute approximate surface area is 120 Å². The molecule has 0 aliphatic heterocycles. The summed E-state index contributed by atoms with van der Waals surface area (Å²) >= 11 is 0. The number of rotatable bonds is 7. The molecular weight excluding hydrogens is 248 g/mol. The van der Waals surface area contributed by atoms with Crippen LogP contribution in [0.15, 0.2) is 73.8 Å². The normalized spacial score (nSPS) is 11.6. The van der Waals surface area contributed by atoms with Crippen LogP contribution in [0, 0.1) is 0 Å². The van der Waals surface area contributed by atoms with Gasteiger partial charge in [0.15, 0.2) is 0 Å². The first-order valence-electron chi connectivity index (χ1n) is 6.49. The standard InChI is InChI=1S/C18H18O2/c1-3-16-12-8-9-13-17(16)20-18(4-2)19-14-15-10-6-5-7-11-15/h3-13,18H,1-2,14H2/t18-/m0/s1. The molecule has 0 saturated carbocycles. The maximum absolute atomic E-state index is 5.80. The van der Waals surface area contributed by atoms with E-state index in [9.17, 15) is 0 Å². The first-order chi connectivity index (χ1) is 9.83. The lowest BCUT2D eigenvalue weighted by Crippen LogP contribution is -2.18. The quantitative estimate of drug-likeness (QED) is 0.545. The van der Waals surface area contributed by atoms with Gasteiger partial charge in [0.25, 0.3) is 0 Å². The van der Waals surface area contributed by atoms with Gasteiger partial charge in [0, 0.05) is 5.56 Å². The summed E-state index contributed by atoms with van der Waals surface area (Å²) < 4.78 is 11.5. The van der Waals surface area contributed by atoms with Crippen molar-refractivity contribution >= 4 is 6.08 Å². The highest BCUT2D eigenvalue weighted by Crippen LogP contribution is 2.21. The molecule has 102 valence electrons. The zero-order valence-electron chi connectivity index (χ0n) is 11.4. The van der Waals surface area contributed by atoms with E-state index in [1.54, 1.807) is 12.2 Å². The third-order valence-corrected chi connectivity index (χ3v) is 2.83. The Kier molecular flexibility index (Phi) is 5.15. The third-order valence-electron chi connectivity index (χ3n) is 2.83. The van der Waals surface area contributed by atoms with E-state index in [1.165, 1.54) is 0 Å². The number of benzene rings is 2. The smallest absolute Gasteiger partial charge is 0.219 e. The summed E-state index contributed by atoms with van der Waals surface area (Å²) in [6.07, 6.45) is 2.91. The van der Waals surface area contributed by atoms with Gasteiger partial charge >= 0.3 is 0 Å². The van der Waals surface area contributed by atoms with Crippen LogP contribution in [0.3, 0.4) is 0 Å². The first kappa shape index (κ1) is 14.1. The van der Waals surface area contributed by atoms with Crippen LogP contribution in [0.5, 0.6) is 5.75 Å². The molecule has 1 atom stereocenters. The van der Waals surface area contributed by atoms with Crippen LogP contribution in [-0.4, -0.2) is 6.29 Å². The lowest BCUT2D eigenvalue weighted by Gasteiger charge is -2.17. The zero-order valence-corrected chi connectivity index (χ0v) is 11.4. The Hall–Kier alpha value is -2.32. The van der Waals surface area contributed by atoms with E-state index in [0.717, 1.165) is 16.9 Å². The molecule has 0 aliphatic carbocycles. The molecule has 0 N–H and O–H groups in total. The largest absolute Gasteiger partial charge is 0.461 e. The van der Waals surface area contributed by atoms with Crippen molar-refractivity contribution in [3.05, 3.63) is 85.0 Å². The molecule has 0 heterocycles. The fourth-order valence-electron chi connectivity index (χ4n) is 1.78. The molecule has 2 heteroatoms. The molecule has 2 nitrogen and oxygen atoms in total. The molecule has 0 spiro atoms. The fourth-order valence-corrected chi connectivity index (χ4v) is 1.78. The maximum atomic E-state index is 5.80. The van der Waals surface area contributed by atoms with Gasteiger partial charge in [-0.15, -0.1) is 0 Å². The number of hydrogen-bond acceptors (Lipinski definition) is 2. The Morgan fingerprint density at radius 2 is 1.65 bits per heavy atom. The average molecular weight is 266 g/mol. The predicted molar refractivity (Wildman–Crippen MR) is 82.4 cm³/mol. The van der Waals surface area contributed by atoms with Crippen LogP contribution in [-0.2, 0) is 11.3 Å². The van der Waals surface area contributed by atoms with Crippen molar-refractivity contribution in [2.75, 3.05) is 0 Å². The molecule has 0 unspecified atom stereocenters. The SMILES string of the molecule is C=Cc1ccccc1O[C@@H](C=C)OCc1ccccc1. The monoisotopic (exact) mass is 266 g/mol. The molecule has 20 heavy (non-hydrogen) atoms. The molecule has 0 aliphatic rings. The van der Waals surface area contributed by atoms with Crippen LogP contribution in [0.1, 0.15) is 11.1 Å². The van der Waals surface area contributed by atoms with Gasteiger partial charge in [-0.2, -0.15) is 0 Å². The average Bonchev–Trinajstić information content (AvgIpc) is 2.52. The summed E-state index contributed by atoms with van der Waals surface area (Å²) in [4.78, 5) is 0. The van der Waals surface area contributed by atoms with Crippen molar-refractivity contribution in [1.29, 1.82) is 0 Å². The van der Waals surface area contributed by atoms with E-state index in [-0.39, 0.29) is 0 Å². The number of ether oxygens (including phenoxy) is 2. The van der Waals surface area contributed by atoms with Gasteiger partial charge in [-0.25, -0.2) is 0 Å². The van der Waals surface area contributed by atoms with Crippen molar-refractivity contribution in [2.24, 2.45) is 0 Å². The maximum Gasteiger partial charge on any atom is 0.219 e. The van der Waals surface area contributed by atoms with Crippen molar-refractivity contribution in [1.82, 2.24) is 0 Å². The second-order valence-electron chi connectivity index (χ2n) is 4.26. The van der Waals surface area contributed by atoms with E-state index < -0.39 is 6.29 Å². The summed E-state index contributed by atoms with van der Waals surface area (Å²) in [5.74, 6) is 0.737. The number of hydrogen-bond donors (Lipinski definition) is 0. The van der Waals surface area contributed by atoms with Crippen LogP contribution in [0.25, 0.3) is 6.08 Å². The second-order valence-corrected chi connectivity index (χ2v) is 4.26. The van der Waals surface area contributed by atoms with Gasteiger partial charge in [0.2, 0.25) is 6.29 Å². The Morgan fingerprint density at radius 1 is 0.950 bits per heavy atom. The highest BCUT2D eigenvalue weighted by molar-refractivity contribution is 5.55. The molecular formula is C18H18O2. The van der Waals surface area contributed by atoms with Gasteiger partial charge in [-0.05, 0) is 17.7 Å². The van der Waals surface area contributed by atoms with E-state index >= 15 is 0 Å². The minimum absolute atomic E-state index is 0.480. The fraction of sp³-hybridized carbons (Fsp3) is 0.111. The first-order valence-corrected chi connectivity index (χ1v) is 6.49. The summed E-state index contributed by atoms with van der Waals surface area (Å²) in [5, 5.41) is 0. The molecule has 0 saturated heterocycles. The summed E-state index contributed by atoms with van der Waals surface area (Å²) in [6.45, 7) is 8.00. The number of para-hydroxylation sites is 1. The van der Waals surface area contributed by atoms with Crippen LogP contribution in [0.4, 0.5) is 0 Å². The van der Waals surface area contributed by atoms with Crippen LogP contribution >= 0.6 is 0 Å². The highest BCUT2D eigenvalue weighted by atomic mass is 16.7. The van der Waals surface area contributed by atoms with Crippen molar-refractivity contribution < 1.29 is 9.47 Å². The van der Waals surface area contributed by atoms with E-state index in [4.69, 9.17) is 9.47 Å². The van der Waals surface area contributed by atoms with Crippen LogP contribution in [0.2, 0.25) is 0 Å². The molecule has 2 rings (SSSR count). The van der Waals surface area contributed by atoms with Crippen molar-refractivity contribution in [2.45, 2.75) is 12.9 Å².